The zero-order valence-corrected chi connectivity index (χ0v) is 18.8. The van der Waals surface area contributed by atoms with Crippen molar-refractivity contribution in [3.63, 3.8) is 0 Å². The SMILES string of the molecule is C=C(NNC(=O)COc1ccc(C(C)(C)CC(C)(C)C)cc1)c1ccc([N+](=O)[O-])cc1. The molecule has 0 saturated carbocycles. The van der Waals surface area contributed by atoms with Gasteiger partial charge in [0, 0.05) is 12.1 Å². The molecule has 0 aromatic heterocycles. The molecule has 0 unspecified atom stereocenters. The third kappa shape index (κ3) is 7.44. The van der Waals surface area contributed by atoms with E-state index in [-0.39, 0.29) is 29.0 Å². The van der Waals surface area contributed by atoms with Crippen LogP contribution in [-0.4, -0.2) is 17.4 Å². The summed E-state index contributed by atoms with van der Waals surface area (Å²) in [5.41, 5.74) is 7.70. The smallest absolute Gasteiger partial charge is 0.276 e. The number of rotatable bonds is 9. The van der Waals surface area contributed by atoms with Crippen molar-refractivity contribution in [3.8, 4) is 5.75 Å². The lowest BCUT2D eigenvalue weighted by molar-refractivity contribution is -0.384. The number of amides is 1. The first-order valence-corrected chi connectivity index (χ1v) is 10.1. The molecule has 0 aliphatic carbocycles. The van der Waals surface area contributed by atoms with E-state index in [4.69, 9.17) is 4.74 Å². The molecule has 7 nitrogen and oxygen atoms in total. The van der Waals surface area contributed by atoms with E-state index < -0.39 is 4.92 Å². The van der Waals surface area contributed by atoms with Crippen LogP contribution < -0.4 is 15.6 Å². The zero-order valence-electron chi connectivity index (χ0n) is 18.8. The lowest BCUT2D eigenvalue weighted by atomic mass is 9.72. The molecule has 31 heavy (non-hydrogen) atoms. The molecular weight excluding hydrogens is 394 g/mol. The van der Waals surface area contributed by atoms with Gasteiger partial charge in [-0.1, -0.05) is 53.3 Å². The van der Waals surface area contributed by atoms with Gasteiger partial charge in [-0.2, -0.15) is 0 Å². The van der Waals surface area contributed by atoms with E-state index in [2.05, 4.69) is 52.0 Å². The number of hydrogen-bond donors (Lipinski definition) is 2. The molecule has 0 spiro atoms. The molecule has 2 aromatic rings. The lowest BCUT2D eigenvalue weighted by Crippen LogP contribution is -2.38. The van der Waals surface area contributed by atoms with Crippen LogP contribution in [0, 0.1) is 15.5 Å². The number of benzene rings is 2. The fraction of sp³-hybridized carbons (Fsp3) is 0.375. The molecule has 1 amide bonds. The summed E-state index contributed by atoms with van der Waals surface area (Å²) in [5.74, 6) is 0.236. The van der Waals surface area contributed by atoms with Gasteiger partial charge in [0.1, 0.15) is 5.75 Å². The van der Waals surface area contributed by atoms with E-state index in [0.29, 0.717) is 17.0 Å². The molecule has 0 atom stereocenters. The van der Waals surface area contributed by atoms with E-state index in [1.165, 1.54) is 17.7 Å². The van der Waals surface area contributed by atoms with Crippen LogP contribution in [0.4, 0.5) is 5.69 Å². The summed E-state index contributed by atoms with van der Waals surface area (Å²) in [6, 6.07) is 13.7. The lowest BCUT2D eigenvalue weighted by Gasteiger charge is -2.33. The van der Waals surface area contributed by atoms with Gasteiger partial charge in [0.15, 0.2) is 6.61 Å². The molecule has 0 radical (unpaired) electrons. The summed E-state index contributed by atoms with van der Waals surface area (Å²) < 4.78 is 5.56. The minimum absolute atomic E-state index is 0.0122. The summed E-state index contributed by atoms with van der Waals surface area (Å²) in [6.45, 7) is 14.8. The Kier molecular flexibility index (Phi) is 7.44. The number of hydrogen-bond acceptors (Lipinski definition) is 5. The topological polar surface area (TPSA) is 93.5 Å². The number of hydrazine groups is 1. The standard InChI is InChI=1S/C24H31N3O4/c1-17(18-7-11-20(12-8-18)27(29)30)25-26-22(28)15-31-21-13-9-19(10-14-21)24(5,6)16-23(2,3)4/h7-14,25H,1,15-16H2,2-6H3,(H,26,28). The van der Waals surface area contributed by atoms with E-state index in [9.17, 15) is 14.9 Å². The van der Waals surface area contributed by atoms with Crippen molar-refractivity contribution < 1.29 is 14.5 Å². The van der Waals surface area contributed by atoms with Gasteiger partial charge in [-0.3, -0.25) is 25.8 Å². The summed E-state index contributed by atoms with van der Waals surface area (Å²) >= 11 is 0. The van der Waals surface area contributed by atoms with Crippen LogP contribution in [0.15, 0.2) is 55.1 Å². The Morgan fingerprint density at radius 3 is 2.10 bits per heavy atom. The molecule has 0 fully saturated rings. The second-order valence-corrected chi connectivity index (χ2v) is 9.39. The quantitative estimate of drug-likeness (QED) is 0.437. The van der Waals surface area contributed by atoms with Gasteiger partial charge in [0.25, 0.3) is 11.6 Å². The Morgan fingerprint density at radius 1 is 1.00 bits per heavy atom. The first-order valence-electron chi connectivity index (χ1n) is 10.1. The number of ether oxygens (including phenoxy) is 1. The Hall–Kier alpha value is -3.35. The number of nitro benzene ring substituents is 1. The van der Waals surface area contributed by atoms with E-state index in [0.717, 1.165) is 6.42 Å². The highest BCUT2D eigenvalue weighted by Gasteiger charge is 2.27. The van der Waals surface area contributed by atoms with E-state index in [1.807, 2.05) is 24.3 Å². The first-order chi connectivity index (χ1) is 14.4. The van der Waals surface area contributed by atoms with Gasteiger partial charge in [-0.15, -0.1) is 0 Å². The predicted octanol–water partition coefficient (Wildman–Crippen LogP) is 4.98. The summed E-state index contributed by atoms with van der Waals surface area (Å²) in [7, 11) is 0. The molecule has 166 valence electrons. The van der Waals surface area contributed by atoms with Crippen molar-refractivity contribution in [2.75, 3.05) is 6.61 Å². The van der Waals surface area contributed by atoms with Gasteiger partial charge in [-0.05, 0) is 52.6 Å². The van der Waals surface area contributed by atoms with Gasteiger partial charge in [-0.25, -0.2) is 0 Å². The number of nitro groups is 1. The van der Waals surface area contributed by atoms with Gasteiger partial charge < -0.3 is 4.74 Å². The Morgan fingerprint density at radius 2 is 1.58 bits per heavy atom. The molecule has 2 aromatic carbocycles. The van der Waals surface area contributed by atoms with E-state index >= 15 is 0 Å². The maximum absolute atomic E-state index is 12.0. The minimum Gasteiger partial charge on any atom is -0.484 e. The van der Waals surface area contributed by atoms with Gasteiger partial charge in [0.2, 0.25) is 0 Å². The molecule has 2 rings (SSSR count). The minimum atomic E-state index is -0.475. The number of carbonyl (C=O) groups excluding carboxylic acids is 1. The zero-order chi connectivity index (χ0) is 23.2. The van der Waals surface area contributed by atoms with Crippen molar-refractivity contribution in [2.45, 2.75) is 46.5 Å². The third-order valence-corrected chi connectivity index (χ3v) is 4.76. The second-order valence-electron chi connectivity index (χ2n) is 9.39. The van der Waals surface area contributed by atoms with Crippen LogP contribution in [0.3, 0.4) is 0 Å². The molecule has 0 aliphatic rings. The number of nitrogens with one attached hydrogen (secondary N) is 2. The molecular formula is C24H31N3O4. The fourth-order valence-electron chi connectivity index (χ4n) is 3.62. The molecule has 2 N–H and O–H groups in total. The van der Waals surface area contributed by atoms with Crippen molar-refractivity contribution in [2.24, 2.45) is 5.41 Å². The largest absolute Gasteiger partial charge is 0.484 e. The normalized spacial score (nSPS) is 11.5. The average molecular weight is 426 g/mol. The Bertz CT molecular complexity index is 927. The molecule has 0 bridgehead atoms. The van der Waals surface area contributed by atoms with Crippen molar-refractivity contribution in [1.82, 2.24) is 10.9 Å². The van der Waals surface area contributed by atoms with Gasteiger partial charge >= 0.3 is 0 Å². The Labute approximate surface area is 183 Å². The maximum atomic E-state index is 12.0. The summed E-state index contributed by atoms with van der Waals surface area (Å²) in [6.07, 6.45) is 1.05. The van der Waals surface area contributed by atoms with Crippen LogP contribution in [-0.2, 0) is 10.2 Å². The van der Waals surface area contributed by atoms with Crippen molar-refractivity contribution in [1.29, 1.82) is 0 Å². The highest BCUT2D eigenvalue weighted by atomic mass is 16.6. The molecule has 0 heterocycles. The van der Waals surface area contributed by atoms with Crippen LogP contribution >= 0.6 is 0 Å². The first kappa shape index (κ1) is 23.9. The van der Waals surface area contributed by atoms with Crippen LogP contribution in [0.2, 0.25) is 0 Å². The maximum Gasteiger partial charge on any atom is 0.276 e. The highest BCUT2D eigenvalue weighted by molar-refractivity contribution is 5.78. The molecule has 0 aliphatic heterocycles. The Balaban J connectivity index is 1.83. The molecule has 7 heteroatoms. The van der Waals surface area contributed by atoms with E-state index in [1.54, 1.807) is 12.1 Å². The summed E-state index contributed by atoms with van der Waals surface area (Å²) in [5, 5.41) is 10.7. The summed E-state index contributed by atoms with van der Waals surface area (Å²) in [4.78, 5) is 22.3. The number of non-ortho nitro benzene ring substituents is 1. The van der Waals surface area contributed by atoms with Crippen LogP contribution in [0.25, 0.3) is 5.70 Å². The predicted molar refractivity (Wildman–Crippen MR) is 122 cm³/mol. The molecule has 0 saturated heterocycles. The van der Waals surface area contributed by atoms with Crippen molar-refractivity contribution in [3.05, 3.63) is 76.4 Å². The van der Waals surface area contributed by atoms with Crippen LogP contribution in [0.1, 0.15) is 52.2 Å². The van der Waals surface area contributed by atoms with Gasteiger partial charge in [0.05, 0.1) is 10.6 Å². The fourth-order valence-corrected chi connectivity index (χ4v) is 3.62. The number of nitrogens with zero attached hydrogens (tertiary/aromatic N) is 1. The highest BCUT2D eigenvalue weighted by Crippen LogP contribution is 2.36. The monoisotopic (exact) mass is 425 g/mol. The van der Waals surface area contributed by atoms with Crippen LogP contribution in [0.5, 0.6) is 5.75 Å². The average Bonchev–Trinajstić information content (AvgIpc) is 2.69. The number of carbonyl (C=O) groups is 1. The second kappa shape index (κ2) is 9.64. The third-order valence-electron chi connectivity index (χ3n) is 4.76. The van der Waals surface area contributed by atoms with Crippen molar-refractivity contribution >= 4 is 17.3 Å².